The first-order valence-electron chi connectivity index (χ1n) is 28.2. The van der Waals surface area contributed by atoms with Crippen LogP contribution in [0.15, 0.2) is 237 Å². The zero-order chi connectivity index (χ0) is 55.4. The summed E-state index contributed by atoms with van der Waals surface area (Å²) >= 11 is 0. The summed E-state index contributed by atoms with van der Waals surface area (Å²) in [5, 5.41) is 2.13. The Hall–Kier alpha value is -9.23. The van der Waals surface area contributed by atoms with Crippen LogP contribution in [0.3, 0.4) is 0 Å². The molecule has 0 unspecified atom stereocenters. The first-order chi connectivity index (χ1) is 39.9. The summed E-state index contributed by atoms with van der Waals surface area (Å²) in [6.07, 6.45) is 5.59. The van der Waals surface area contributed by atoms with Gasteiger partial charge in [0, 0.05) is 78.4 Å². The SMILES string of the molecule is CC(C)(C)c1cccc(-[n+]2[c-]n(-c3[c-]c(Oc4[c-]c5c(cc4)c4cc(-c6cc7c8c(c6)N(c6ccccc6)c6ccccc6B8c6ccccc6N7c6ccccc6)ccc4n5-c4cc(C(C)(C)C)ccn4)ccc3)c3ccccc32)c1.[Pt]. The van der Waals surface area contributed by atoms with Gasteiger partial charge in [-0.05, 0) is 139 Å². The van der Waals surface area contributed by atoms with Crippen LogP contribution in [-0.2, 0) is 31.9 Å². The third-order valence-electron chi connectivity index (χ3n) is 16.5. The van der Waals surface area contributed by atoms with Gasteiger partial charge < -0.3 is 23.7 Å². The number of rotatable bonds is 8. The summed E-state index contributed by atoms with van der Waals surface area (Å²) in [5.74, 6) is 1.95. The first-order valence-corrected chi connectivity index (χ1v) is 28.2. The number of ether oxygens (including phenoxy) is 1. The van der Waals surface area contributed by atoms with Crippen LogP contribution in [-0.4, -0.2) is 20.8 Å². The van der Waals surface area contributed by atoms with Gasteiger partial charge in [-0.25, -0.2) is 4.98 Å². The topological polar surface area (TPSA) is 42.3 Å². The van der Waals surface area contributed by atoms with Crippen LogP contribution in [0.5, 0.6) is 11.5 Å². The van der Waals surface area contributed by atoms with Gasteiger partial charge in [0.05, 0.1) is 16.7 Å². The molecular formula is C74H57BN6OPt-2. The van der Waals surface area contributed by atoms with Crippen LogP contribution in [0.25, 0.3) is 61.2 Å². The van der Waals surface area contributed by atoms with Gasteiger partial charge in [-0.1, -0.05) is 168 Å². The van der Waals surface area contributed by atoms with E-state index >= 15 is 0 Å². The van der Waals surface area contributed by atoms with E-state index in [1.165, 1.54) is 38.9 Å². The number of fused-ring (bicyclic) bond motifs is 8. The van der Waals surface area contributed by atoms with Gasteiger partial charge in [0.25, 0.3) is 13.0 Å². The average Bonchev–Trinajstić information content (AvgIpc) is 2.22. The van der Waals surface area contributed by atoms with Crippen molar-refractivity contribution < 1.29 is 30.4 Å². The molecule has 9 heteroatoms. The van der Waals surface area contributed by atoms with Crippen LogP contribution < -0.4 is 35.5 Å². The number of pyridine rings is 1. The van der Waals surface area contributed by atoms with Gasteiger partial charge in [-0.3, -0.25) is 4.57 Å². The number of aromatic nitrogens is 4. The molecule has 0 atom stereocenters. The molecule has 0 amide bonds. The van der Waals surface area contributed by atoms with Crippen LogP contribution >= 0.6 is 0 Å². The summed E-state index contributed by atoms with van der Waals surface area (Å²) in [6.45, 7) is 13.5. The maximum atomic E-state index is 6.81. The number of hydrogen-bond donors (Lipinski definition) is 0. The minimum atomic E-state index is -0.102. The molecule has 15 rings (SSSR count). The molecule has 0 fully saturated rings. The molecule has 10 aromatic carbocycles. The molecule has 2 aliphatic heterocycles. The van der Waals surface area contributed by atoms with Gasteiger partial charge in [-0.15, -0.1) is 29.7 Å². The second kappa shape index (κ2) is 20.0. The molecule has 0 radical (unpaired) electrons. The maximum absolute atomic E-state index is 6.81. The van der Waals surface area contributed by atoms with E-state index in [2.05, 4.69) is 290 Å². The molecular weight excluding hydrogens is 1190 g/mol. The number of hydrogen-bond acceptors (Lipinski definition) is 4. The summed E-state index contributed by atoms with van der Waals surface area (Å²) in [4.78, 5) is 10.0. The van der Waals surface area contributed by atoms with Crippen molar-refractivity contribution in [3.05, 3.63) is 266 Å². The van der Waals surface area contributed by atoms with Gasteiger partial charge in [0.2, 0.25) is 0 Å². The molecule has 0 saturated carbocycles. The Bertz CT molecular complexity index is 4560. The number of anilines is 6. The molecule has 0 N–H and O–H groups in total. The molecule has 0 aliphatic carbocycles. The van der Waals surface area contributed by atoms with E-state index < -0.39 is 0 Å². The fourth-order valence-electron chi connectivity index (χ4n) is 12.5. The molecule has 5 heterocycles. The Morgan fingerprint density at radius 1 is 0.482 bits per heavy atom. The monoisotopic (exact) mass is 1250 g/mol. The van der Waals surface area contributed by atoms with Crippen LogP contribution in [0.2, 0.25) is 0 Å². The Kier molecular flexibility index (Phi) is 12.5. The first kappa shape index (κ1) is 51.9. The van der Waals surface area contributed by atoms with E-state index in [-0.39, 0.29) is 38.6 Å². The summed E-state index contributed by atoms with van der Waals surface area (Å²) < 4.78 is 13.3. The van der Waals surface area contributed by atoms with Crippen molar-refractivity contribution in [3.63, 3.8) is 0 Å². The molecule has 2 aliphatic rings. The molecule has 404 valence electrons. The number of para-hydroxylation sites is 6. The summed E-state index contributed by atoms with van der Waals surface area (Å²) in [5.41, 5.74) is 21.1. The van der Waals surface area contributed by atoms with E-state index in [1.54, 1.807) is 0 Å². The summed E-state index contributed by atoms with van der Waals surface area (Å²) in [6, 6.07) is 90.3. The van der Waals surface area contributed by atoms with Crippen molar-refractivity contribution in [2.45, 2.75) is 52.4 Å². The van der Waals surface area contributed by atoms with Crippen LogP contribution in [0.1, 0.15) is 52.7 Å². The van der Waals surface area contributed by atoms with Crippen LogP contribution in [0, 0.1) is 18.5 Å². The second-order valence-corrected chi connectivity index (χ2v) is 23.7. The number of imidazole rings is 1. The minimum Gasteiger partial charge on any atom is -0.510 e. The molecule has 83 heavy (non-hydrogen) atoms. The Morgan fingerprint density at radius 2 is 1.10 bits per heavy atom. The van der Waals surface area contributed by atoms with Crippen LogP contribution in [0.4, 0.5) is 34.1 Å². The van der Waals surface area contributed by atoms with Crippen molar-refractivity contribution in [1.29, 1.82) is 0 Å². The van der Waals surface area contributed by atoms with Gasteiger partial charge in [-0.2, -0.15) is 18.2 Å². The van der Waals surface area contributed by atoms with E-state index in [4.69, 9.17) is 9.72 Å². The predicted octanol–water partition coefficient (Wildman–Crippen LogP) is 15.9. The largest absolute Gasteiger partial charge is 0.510 e. The summed E-state index contributed by atoms with van der Waals surface area (Å²) in [7, 11) is 0. The predicted molar refractivity (Wildman–Crippen MR) is 337 cm³/mol. The van der Waals surface area contributed by atoms with Crippen molar-refractivity contribution in [3.8, 4) is 39.8 Å². The Labute approximate surface area is 499 Å². The molecule has 13 aromatic rings. The van der Waals surface area contributed by atoms with Gasteiger partial charge in [0.15, 0.2) is 0 Å². The quantitative estimate of drug-likeness (QED) is 0.0864. The van der Waals surface area contributed by atoms with E-state index in [0.29, 0.717) is 11.5 Å². The van der Waals surface area contributed by atoms with E-state index in [1.807, 2.05) is 30.5 Å². The molecule has 3 aromatic heterocycles. The molecule has 0 saturated heterocycles. The maximum Gasteiger partial charge on any atom is 0.268 e. The Morgan fingerprint density at radius 3 is 1.78 bits per heavy atom. The second-order valence-electron chi connectivity index (χ2n) is 23.7. The van der Waals surface area contributed by atoms with Crippen molar-refractivity contribution in [2.75, 3.05) is 9.80 Å². The zero-order valence-electron chi connectivity index (χ0n) is 47.0. The number of benzene rings is 10. The molecule has 0 bridgehead atoms. The Balaban J connectivity index is 0.00000614. The van der Waals surface area contributed by atoms with Crippen molar-refractivity contribution >= 4 is 90.1 Å². The number of nitrogens with zero attached hydrogens (tertiary/aromatic N) is 6. The van der Waals surface area contributed by atoms with Crippen molar-refractivity contribution in [1.82, 2.24) is 14.1 Å². The van der Waals surface area contributed by atoms with E-state index in [9.17, 15) is 0 Å². The van der Waals surface area contributed by atoms with Gasteiger partial charge in [0.1, 0.15) is 5.82 Å². The average molecular weight is 1250 g/mol. The van der Waals surface area contributed by atoms with E-state index in [0.717, 1.165) is 83.9 Å². The molecule has 7 nitrogen and oxygen atoms in total. The van der Waals surface area contributed by atoms with Crippen molar-refractivity contribution in [2.24, 2.45) is 0 Å². The van der Waals surface area contributed by atoms with Gasteiger partial charge >= 0.3 is 0 Å². The normalized spacial score (nSPS) is 12.8. The molecule has 0 spiro atoms. The zero-order valence-corrected chi connectivity index (χ0v) is 49.3. The smallest absolute Gasteiger partial charge is 0.268 e. The fraction of sp³-hybridized carbons (Fsp3) is 0.108. The fourth-order valence-corrected chi connectivity index (χ4v) is 12.5. The standard InChI is InChI=1S/C74H57BN6O.Pt/c1-73(2,3)51-21-19-26-55(44-51)77-48-78(67-34-18-17-33-66(67)77)56-27-20-28-57(46-56)82-58-36-37-59-60-41-49(35-38-63(60)81(68(59)47-58)71-45-52(39-40-76-71)74(4,5)6)50-42-69-72-70(43-50)80(54-24-11-8-12-25-54)65-32-16-14-30-62(65)75(72)61-29-13-15-31-64(61)79(69)53-22-9-7-10-23-53;/h7-45H,1-6H3;/q-2;. The minimum absolute atomic E-state index is 0. The third kappa shape index (κ3) is 8.78. The third-order valence-corrected chi connectivity index (χ3v) is 16.5.